The van der Waals surface area contributed by atoms with Crippen molar-refractivity contribution in [1.82, 2.24) is 5.32 Å². The van der Waals surface area contributed by atoms with Crippen LogP contribution in [-0.4, -0.2) is 31.9 Å². The Labute approximate surface area is 188 Å². The van der Waals surface area contributed by atoms with Gasteiger partial charge in [-0.15, -0.1) is 0 Å². The summed E-state index contributed by atoms with van der Waals surface area (Å²) in [6, 6.07) is 14.1. The molecule has 1 amide bonds. The highest BCUT2D eigenvalue weighted by molar-refractivity contribution is 7.92. The first-order valence-electron chi connectivity index (χ1n) is 10.0. The van der Waals surface area contributed by atoms with Crippen LogP contribution in [0.3, 0.4) is 0 Å². The molecular formula is C23H27N3O5S. The third kappa shape index (κ3) is 6.08. The zero-order valence-corrected chi connectivity index (χ0v) is 19.5. The first-order chi connectivity index (χ1) is 14.9. The highest BCUT2D eigenvalue weighted by atomic mass is 32.2. The van der Waals surface area contributed by atoms with Gasteiger partial charge in [0.25, 0.3) is 15.9 Å². The van der Waals surface area contributed by atoms with Crippen molar-refractivity contribution in [3.63, 3.8) is 0 Å². The number of anilines is 1. The maximum Gasteiger partial charge on any atom is 0.338 e. The maximum atomic E-state index is 12.5. The number of carbonyl (C=O) groups is 2. The van der Waals surface area contributed by atoms with E-state index in [0.29, 0.717) is 5.69 Å². The summed E-state index contributed by atoms with van der Waals surface area (Å²) in [5.41, 5.74) is 0.411. The minimum absolute atomic E-state index is 0.0258. The van der Waals surface area contributed by atoms with Crippen molar-refractivity contribution in [2.45, 2.75) is 51.2 Å². The molecule has 32 heavy (non-hydrogen) atoms. The van der Waals surface area contributed by atoms with Gasteiger partial charge in [0, 0.05) is 5.69 Å². The molecule has 0 radical (unpaired) electrons. The lowest BCUT2D eigenvalue weighted by atomic mass is 9.90. The van der Waals surface area contributed by atoms with Crippen LogP contribution in [0.4, 0.5) is 5.69 Å². The average Bonchev–Trinajstić information content (AvgIpc) is 2.74. The molecule has 0 aliphatic rings. The summed E-state index contributed by atoms with van der Waals surface area (Å²) in [5.74, 6) is -1.54. The van der Waals surface area contributed by atoms with Gasteiger partial charge in [-0.2, -0.15) is 5.26 Å². The number of benzene rings is 2. The first-order valence-corrected chi connectivity index (χ1v) is 11.5. The van der Waals surface area contributed by atoms with Crippen LogP contribution < -0.4 is 10.0 Å². The van der Waals surface area contributed by atoms with Crippen LogP contribution in [0.15, 0.2) is 53.4 Å². The summed E-state index contributed by atoms with van der Waals surface area (Å²) in [4.78, 5) is 24.7. The second-order valence-corrected chi connectivity index (χ2v) is 9.68. The van der Waals surface area contributed by atoms with Crippen LogP contribution >= 0.6 is 0 Å². The fourth-order valence-electron chi connectivity index (χ4n) is 2.55. The molecule has 170 valence electrons. The molecule has 0 aliphatic heterocycles. The number of hydrogen-bond acceptors (Lipinski definition) is 6. The normalized spacial score (nSPS) is 14.0. The quantitative estimate of drug-likeness (QED) is 0.585. The molecule has 8 nitrogen and oxygen atoms in total. The Hall–Kier alpha value is -3.38. The molecule has 0 fully saturated rings. The van der Waals surface area contributed by atoms with Gasteiger partial charge < -0.3 is 10.1 Å². The zero-order valence-electron chi connectivity index (χ0n) is 18.7. The molecule has 0 saturated carbocycles. The van der Waals surface area contributed by atoms with Crippen LogP contribution in [0.1, 0.15) is 43.6 Å². The van der Waals surface area contributed by atoms with E-state index in [0.717, 1.165) is 5.56 Å². The van der Waals surface area contributed by atoms with Crippen LogP contribution in [0, 0.1) is 24.2 Å². The van der Waals surface area contributed by atoms with Crippen molar-refractivity contribution >= 4 is 27.6 Å². The first kappa shape index (κ1) is 24.9. The van der Waals surface area contributed by atoms with Gasteiger partial charge in [0.05, 0.1) is 16.5 Å². The van der Waals surface area contributed by atoms with Crippen LogP contribution in [0.2, 0.25) is 0 Å². The number of ether oxygens (including phenoxy) is 1. The van der Waals surface area contributed by atoms with Crippen LogP contribution in [-0.2, 0) is 19.6 Å². The van der Waals surface area contributed by atoms with Gasteiger partial charge in [-0.25, -0.2) is 13.2 Å². The lowest BCUT2D eigenvalue weighted by molar-refractivity contribution is -0.130. The van der Waals surface area contributed by atoms with E-state index < -0.39 is 33.5 Å². The average molecular weight is 458 g/mol. The summed E-state index contributed by atoms with van der Waals surface area (Å²) >= 11 is 0. The number of nitrogens with one attached hydrogen (secondary N) is 2. The van der Waals surface area contributed by atoms with E-state index in [4.69, 9.17) is 4.74 Å². The van der Waals surface area contributed by atoms with Crippen LogP contribution in [0.5, 0.6) is 0 Å². The highest BCUT2D eigenvalue weighted by Crippen LogP contribution is 2.18. The van der Waals surface area contributed by atoms with Gasteiger partial charge in [0.2, 0.25) is 0 Å². The van der Waals surface area contributed by atoms with Gasteiger partial charge >= 0.3 is 5.97 Å². The topological polar surface area (TPSA) is 125 Å². The molecule has 0 aromatic heterocycles. The van der Waals surface area contributed by atoms with Crippen LogP contribution in [0.25, 0.3) is 0 Å². The lowest BCUT2D eigenvalue weighted by Crippen LogP contribution is -2.52. The van der Waals surface area contributed by atoms with Gasteiger partial charge in [-0.1, -0.05) is 31.5 Å². The molecule has 0 unspecified atom stereocenters. The molecule has 0 heterocycles. The van der Waals surface area contributed by atoms with E-state index in [1.54, 1.807) is 45.0 Å². The van der Waals surface area contributed by atoms with Crippen molar-refractivity contribution in [2.75, 3.05) is 4.72 Å². The number of amides is 1. The molecule has 2 atom stereocenters. The van der Waals surface area contributed by atoms with E-state index in [1.165, 1.54) is 31.2 Å². The summed E-state index contributed by atoms with van der Waals surface area (Å²) in [6.07, 6.45) is -1.14. The van der Waals surface area contributed by atoms with Gasteiger partial charge in [0.1, 0.15) is 5.54 Å². The predicted octanol–water partition coefficient (Wildman–Crippen LogP) is 3.40. The molecule has 2 N–H and O–H groups in total. The molecule has 0 aliphatic carbocycles. The number of carbonyl (C=O) groups excluding carboxylic acids is 2. The molecule has 9 heteroatoms. The third-order valence-corrected chi connectivity index (χ3v) is 6.52. The molecule has 0 saturated heterocycles. The molecule has 2 aromatic carbocycles. The maximum absolute atomic E-state index is 12.5. The molecule has 0 bridgehead atoms. The largest absolute Gasteiger partial charge is 0.449 e. The second kappa shape index (κ2) is 9.83. The fourth-order valence-corrected chi connectivity index (χ4v) is 3.61. The van der Waals surface area contributed by atoms with E-state index in [-0.39, 0.29) is 16.4 Å². The Morgan fingerprint density at radius 3 is 2.09 bits per heavy atom. The van der Waals surface area contributed by atoms with Crippen molar-refractivity contribution in [3.8, 4) is 6.07 Å². The monoisotopic (exact) mass is 457 g/mol. The molecule has 0 spiro atoms. The Morgan fingerprint density at radius 1 is 1.03 bits per heavy atom. The van der Waals surface area contributed by atoms with Crippen molar-refractivity contribution in [2.24, 2.45) is 5.92 Å². The number of rotatable bonds is 8. The van der Waals surface area contributed by atoms with E-state index in [9.17, 15) is 23.3 Å². The lowest BCUT2D eigenvalue weighted by Gasteiger charge is -2.28. The summed E-state index contributed by atoms with van der Waals surface area (Å²) < 4.78 is 32.7. The number of sulfonamides is 1. The number of aryl methyl sites for hydroxylation is 1. The standard InChI is InChI=1S/C23H27N3O5S/c1-15(2)23(5,14-24)25-21(27)17(4)31-22(28)18-8-12-20(13-9-18)32(29,30)26-19-10-6-16(3)7-11-19/h6-13,15,17,26H,1-5H3,(H,25,27)/t17-,23-/m0/s1. The van der Waals surface area contributed by atoms with Crippen molar-refractivity contribution in [3.05, 3.63) is 59.7 Å². The molecule has 2 aromatic rings. The number of nitriles is 1. The minimum Gasteiger partial charge on any atom is -0.449 e. The minimum atomic E-state index is -3.83. The Balaban J connectivity index is 2.05. The van der Waals surface area contributed by atoms with E-state index >= 15 is 0 Å². The predicted molar refractivity (Wildman–Crippen MR) is 120 cm³/mol. The third-order valence-electron chi connectivity index (χ3n) is 5.13. The highest BCUT2D eigenvalue weighted by Gasteiger charge is 2.32. The summed E-state index contributed by atoms with van der Waals surface area (Å²) in [7, 11) is -3.83. The number of hydrogen-bond donors (Lipinski definition) is 2. The summed E-state index contributed by atoms with van der Waals surface area (Å²) in [6.45, 7) is 8.48. The van der Waals surface area contributed by atoms with E-state index in [1.807, 2.05) is 6.92 Å². The van der Waals surface area contributed by atoms with Gasteiger partial charge in [-0.3, -0.25) is 9.52 Å². The van der Waals surface area contributed by atoms with Crippen molar-refractivity contribution < 1.29 is 22.7 Å². The Bertz CT molecular complexity index is 1120. The SMILES string of the molecule is Cc1ccc(NS(=O)(=O)c2ccc(C(=O)O[C@@H](C)C(=O)N[C@@](C)(C#N)C(C)C)cc2)cc1. The Morgan fingerprint density at radius 2 is 1.59 bits per heavy atom. The smallest absolute Gasteiger partial charge is 0.338 e. The Kier molecular flexibility index (Phi) is 7.65. The zero-order chi connectivity index (χ0) is 24.1. The fraction of sp³-hybridized carbons (Fsp3) is 0.348. The number of esters is 1. The molecule has 2 rings (SSSR count). The number of nitrogens with zero attached hydrogens (tertiary/aromatic N) is 1. The van der Waals surface area contributed by atoms with E-state index in [2.05, 4.69) is 16.1 Å². The summed E-state index contributed by atoms with van der Waals surface area (Å²) in [5, 5.41) is 11.9. The second-order valence-electron chi connectivity index (χ2n) is 8.00. The van der Waals surface area contributed by atoms with Crippen molar-refractivity contribution in [1.29, 1.82) is 5.26 Å². The van der Waals surface area contributed by atoms with Gasteiger partial charge in [0.15, 0.2) is 6.10 Å². The van der Waals surface area contributed by atoms with Gasteiger partial charge in [-0.05, 0) is 63.1 Å². The molecular weight excluding hydrogens is 430 g/mol.